The number of nitrogens with one attached hydrogen (secondary N) is 1. The Morgan fingerprint density at radius 1 is 0.966 bits per heavy atom. The monoisotopic (exact) mass is 389 g/mol. The van der Waals surface area contributed by atoms with Crippen LogP contribution in [0, 0.1) is 20.8 Å². The minimum absolute atomic E-state index is 0.193. The largest absolute Gasteiger partial charge is 0.489 e. The third-order valence-electron chi connectivity index (χ3n) is 4.81. The third kappa shape index (κ3) is 5.61. The van der Waals surface area contributed by atoms with Crippen molar-refractivity contribution >= 4 is 11.6 Å². The molecule has 0 heterocycles. The van der Waals surface area contributed by atoms with E-state index in [9.17, 15) is 4.79 Å². The Balaban J connectivity index is 1.56. The van der Waals surface area contributed by atoms with Gasteiger partial charge in [-0.25, -0.2) is 0 Å². The van der Waals surface area contributed by atoms with Crippen molar-refractivity contribution in [1.82, 2.24) is 0 Å². The van der Waals surface area contributed by atoms with E-state index in [-0.39, 0.29) is 5.91 Å². The van der Waals surface area contributed by atoms with Crippen molar-refractivity contribution in [1.29, 1.82) is 0 Å². The molecule has 4 nitrogen and oxygen atoms in total. The van der Waals surface area contributed by atoms with E-state index in [1.54, 1.807) is 6.92 Å². The van der Waals surface area contributed by atoms with Crippen LogP contribution in [0.1, 0.15) is 29.2 Å². The lowest BCUT2D eigenvalue weighted by Crippen LogP contribution is -2.30. The Kier molecular flexibility index (Phi) is 6.55. The predicted octanol–water partition coefficient (Wildman–Crippen LogP) is 5.60. The number of benzene rings is 3. The highest BCUT2D eigenvalue weighted by molar-refractivity contribution is 5.94. The Labute approximate surface area is 172 Å². The molecule has 3 aromatic rings. The van der Waals surface area contributed by atoms with Gasteiger partial charge >= 0.3 is 0 Å². The number of carbonyl (C=O) groups excluding carboxylic acids is 1. The van der Waals surface area contributed by atoms with Crippen LogP contribution in [0.4, 0.5) is 5.69 Å². The number of amides is 1. The molecule has 0 radical (unpaired) electrons. The highest BCUT2D eigenvalue weighted by Crippen LogP contribution is 2.25. The molecule has 0 bridgehead atoms. The molecular formula is C25H27NO3. The fourth-order valence-electron chi connectivity index (χ4n) is 2.99. The molecule has 0 aliphatic rings. The molecule has 150 valence electrons. The van der Waals surface area contributed by atoms with E-state index >= 15 is 0 Å². The standard InChI is InChI=1S/C25H27NO3/c1-17-14-18(2)19(3)24(15-17)29-20(4)25(27)26-22-10-12-23(13-11-22)28-16-21-8-6-5-7-9-21/h5-15,20H,16H2,1-4H3,(H,26,27). The van der Waals surface area contributed by atoms with Crippen LogP contribution < -0.4 is 14.8 Å². The second-order valence-electron chi connectivity index (χ2n) is 7.25. The van der Waals surface area contributed by atoms with E-state index in [0.717, 1.165) is 33.8 Å². The number of hydrogen-bond donors (Lipinski definition) is 1. The van der Waals surface area contributed by atoms with Gasteiger partial charge in [-0.15, -0.1) is 0 Å². The summed E-state index contributed by atoms with van der Waals surface area (Å²) in [5, 5.41) is 2.89. The van der Waals surface area contributed by atoms with Crippen LogP contribution in [0.15, 0.2) is 66.7 Å². The summed E-state index contributed by atoms with van der Waals surface area (Å²) in [7, 11) is 0. The van der Waals surface area contributed by atoms with Gasteiger partial charge in [0.1, 0.15) is 18.1 Å². The van der Waals surface area contributed by atoms with Crippen LogP contribution in [0.25, 0.3) is 0 Å². The first-order valence-corrected chi connectivity index (χ1v) is 9.74. The van der Waals surface area contributed by atoms with Crippen molar-refractivity contribution in [3.05, 3.63) is 89.0 Å². The fourth-order valence-corrected chi connectivity index (χ4v) is 2.99. The Morgan fingerprint density at radius 3 is 2.34 bits per heavy atom. The molecule has 4 heteroatoms. The Morgan fingerprint density at radius 2 is 1.66 bits per heavy atom. The van der Waals surface area contributed by atoms with Crippen LogP contribution in [0.3, 0.4) is 0 Å². The van der Waals surface area contributed by atoms with Crippen molar-refractivity contribution in [3.63, 3.8) is 0 Å². The summed E-state index contributed by atoms with van der Waals surface area (Å²) in [6.07, 6.45) is -0.607. The molecule has 3 rings (SSSR count). The summed E-state index contributed by atoms with van der Waals surface area (Å²) in [4.78, 5) is 12.5. The van der Waals surface area contributed by atoms with Crippen LogP contribution in [0.2, 0.25) is 0 Å². The fraction of sp³-hybridized carbons (Fsp3) is 0.240. The lowest BCUT2D eigenvalue weighted by Gasteiger charge is -2.18. The molecule has 1 N–H and O–H groups in total. The number of hydrogen-bond acceptors (Lipinski definition) is 3. The molecule has 1 amide bonds. The Hall–Kier alpha value is -3.27. The molecule has 1 unspecified atom stereocenters. The van der Waals surface area contributed by atoms with Gasteiger partial charge in [0.25, 0.3) is 5.91 Å². The molecule has 0 aliphatic heterocycles. The van der Waals surface area contributed by atoms with Crippen LogP contribution >= 0.6 is 0 Å². The molecule has 0 spiro atoms. The summed E-state index contributed by atoms with van der Waals surface area (Å²) < 4.78 is 11.7. The van der Waals surface area contributed by atoms with Crippen molar-refractivity contribution in [2.75, 3.05) is 5.32 Å². The van der Waals surface area contributed by atoms with E-state index in [1.807, 2.05) is 81.4 Å². The molecule has 3 aromatic carbocycles. The number of rotatable bonds is 7. The van der Waals surface area contributed by atoms with Gasteiger partial charge in [0.15, 0.2) is 6.10 Å². The van der Waals surface area contributed by atoms with E-state index in [1.165, 1.54) is 0 Å². The molecule has 0 aromatic heterocycles. The lowest BCUT2D eigenvalue weighted by molar-refractivity contribution is -0.122. The maximum Gasteiger partial charge on any atom is 0.265 e. The average Bonchev–Trinajstić information content (AvgIpc) is 2.72. The Bertz CT molecular complexity index is 965. The van der Waals surface area contributed by atoms with E-state index < -0.39 is 6.10 Å². The van der Waals surface area contributed by atoms with Crippen molar-refractivity contribution < 1.29 is 14.3 Å². The second kappa shape index (κ2) is 9.28. The molecular weight excluding hydrogens is 362 g/mol. The summed E-state index contributed by atoms with van der Waals surface area (Å²) >= 11 is 0. The van der Waals surface area contributed by atoms with Gasteiger partial charge in [-0.2, -0.15) is 0 Å². The van der Waals surface area contributed by atoms with Gasteiger partial charge in [-0.3, -0.25) is 4.79 Å². The maximum absolute atomic E-state index is 12.5. The lowest BCUT2D eigenvalue weighted by atomic mass is 10.1. The van der Waals surface area contributed by atoms with Crippen molar-refractivity contribution in [3.8, 4) is 11.5 Å². The normalized spacial score (nSPS) is 11.6. The van der Waals surface area contributed by atoms with Gasteiger partial charge < -0.3 is 14.8 Å². The van der Waals surface area contributed by atoms with Crippen LogP contribution in [-0.4, -0.2) is 12.0 Å². The molecule has 1 atom stereocenters. The highest BCUT2D eigenvalue weighted by Gasteiger charge is 2.16. The van der Waals surface area contributed by atoms with Gasteiger partial charge in [0, 0.05) is 5.69 Å². The number of ether oxygens (including phenoxy) is 2. The quantitative estimate of drug-likeness (QED) is 0.572. The van der Waals surface area contributed by atoms with Gasteiger partial charge in [-0.05, 0) is 80.3 Å². The van der Waals surface area contributed by atoms with E-state index in [0.29, 0.717) is 12.3 Å². The van der Waals surface area contributed by atoms with E-state index in [4.69, 9.17) is 9.47 Å². The molecule has 0 saturated heterocycles. The molecule has 0 fully saturated rings. The highest BCUT2D eigenvalue weighted by atomic mass is 16.5. The number of aryl methyl sites for hydroxylation is 2. The first-order chi connectivity index (χ1) is 13.9. The zero-order valence-electron chi connectivity index (χ0n) is 17.4. The van der Waals surface area contributed by atoms with Crippen LogP contribution in [-0.2, 0) is 11.4 Å². The van der Waals surface area contributed by atoms with Gasteiger partial charge in [0.2, 0.25) is 0 Å². The van der Waals surface area contributed by atoms with Gasteiger partial charge in [0.05, 0.1) is 0 Å². The molecule has 29 heavy (non-hydrogen) atoms. The summed E-state index contributed by atoms with van der Waals surface area (Å²) in [5.74, 6) is 1.30. The minimum Gasteiger partial charge on any atom is -0.489 e. The zero-order valence-corrected chi connectivity index (χ0v) is 17.4. The summed E-state index contributed by atoms with van der Waals surface area (Å²) in [5.41, 5.74) is 5.13. The molecule has 0 aliphatic carbocycles. The van der Waals surface area contributed by atoms with Crippen molar-refractivity contribution in [2.24, 2.45) is 0 Å². The topological polar surface area (TPSA) is 47.6 Å². The summed E-state index contributed by atoms with van der Waals surface area (Å²) in [6.45, 7) is 8.33. The first kappa shape index (κ1) is 20.5. The van der Waals surface area contributed by atoms with Crippen LogP contribution in [0.5, 0.6) is 11.5 Å². The smallest absolute Gasteiger partial charge is 0.265 e. The van der Waals surface area contributed by atoms with Crippen molar-refractivity contribution in [2.45, 2.75) is 40.4 Å². The van der Waals surface area contributed by atoms with E-state index in [2.05, 4.69) is 11.4 Å². The third-order valence-corrected chi connectivity index (χ3v) is 4.81. The first-order valence-electron chi connectivity index (χ1n) is 9.74. The number of carbonyl (C=O) groups is 1. The SMILES string of the molecule is Cc1cc(C)c(C)c(OC(C)C(=O)Nc2ccc(OCc3ccccc3)cc2)c1. The zero-order chi connectivity index (χ0) is 20.8. The molecule has 0 saturated carbocycles. The minimum atomic E-state index is -0.607. The summed E-state index contributed by atoms with van der Waals surface area (Å²) in [6, 6.07) is 21.4. The second-order valence-corrected chi connectivity index (χ2v) is 7.25. The van der Waals surface area contributed by atoms with Gasteiger partial charge in [-0.1, -0.05) is 36.4 Å². The maximum atomic E-state index is 12.5. The predicted molar refractivity (Wildman–Crippen MR) is 117 cm³/mol. The average molecular weight is 389 g/mol. The number of anilines is 1.